The Kier molecular flexibility index (Phi) is 7.73. The summed E-state index contributed by atoms with van der Waals surface area (Å²) in [7, 11) is 2.24. The summed E-state index contributed by atoms with van der Waals surface area (Å²) in [6.07, 6.45) is 3.68. The van der Waals surface area contributed by atoms with E-state index in [4.69, 9.17) is 30.5 Å². The van der Waals surface area contributed by atoms with Crippen molar-refractivity contribution < 1.29 is 27.4 Å². The van der Waals surface area contributed by atoms with Crippen molar-refractivity contribution in [2.75, 3.05) is 33.2 Å². The molecular weight excluding hydrogens is 466 g/mol. The predicted octanol–water partition coefficient (Wildman–Crippen LogP) is 5.35. The number of rotatable bonds is 9. The first-order chi connectivity index (χ1) is 15.8. The molecule has 0 radical (unpaired) electrons. The van der Waals surface area contributed by atoms with Crippen LogP contribution in [0.2, 0.25) is 5.02 Å². The molecule has 0 heterocycles. The number of nitrogens with one attached hydrogen (secondary N) is 1. The fraction of sp³-hybridized carbons (Fsp3) is 0.167. The van der Waals surface area contributed by atoms with E-state index in [-0.39, 0.29) is 4.90 Å². The van der Waals surface area contributed by atoms with E-state index in [1.807, 2.05) is 30.4 Å². The number of sulfonamides is 1. The van der Waals surface area contributed by atoms with Gasteiger partial charge in [-0.2, -0.15) is 0 Å². The molecule has 0 bridgehead atoms. The molecule has 0 atom stereocenters. The number of hydrogen-bond acceptors (Lipinski definition) is 6. The lowest BCUT2D eigenvalue weighted by Gasteiger charge is -2.13. The topological polar surface area (TPSA) is 83.1 Å². The molecule has 3 aromatic carbocycles. The van der Waals surface area contributed by atoms with E-state index in [1.165, 1.54) is 19.2 Å². The van der Waals surface area contributed by atoms with E-state index >= 15 is 0 Å². The first-order valence-electron chi connectivity index (χ1n) is 9.75. The van der Waals surface area contributed by atoms with Crippen molar-refractivity contribution >= 4 is 39.5 Å². The van der Waals surface area contributed by atoms with Crippen molar-refractivity contribution in [3.63, 3.8) is 0 Å². The second kappa shape index (κ2) is 10.5. The molecule has 1 N–H and O–H groups in total. The fourth-order valence-electron chi connectivity index (χ4n) is 3.14. The zero-order valence-electron chi connectivity index (χ0n) is 18.6. The first kappa shape index (κ1) is 24.3. The average molecular weight is 490 g/mol. The van der Waals surface area contributed by atoms with Gasteiger partial charge in [0.05, 0.1) is 39.0 Å². The Morgan fingerprint density at radius 2 is 1.39 bits per heavy atom. The van der Waals surface area contributed by atoms with Gasteiger partial charge in [0, 0.05) is 5.02 Å². The zero-order valence-corrected chi connectivity index (χ0v) is 20.2. The van der Waals surface area contributed by atoms with E-state index in [1.54, 1.807) is 45.6 Å². The normalized spacial score (nSPS) is 11.3. The van der Waals surface area contributed by atoms with Gasteiger partial charge in [0.1, 0.15) is 5.75 Å². The molecule has 0 aliphatic rings. The van der Waals surface area contributed by atoms with Crippen molar-refractivity contribution in [1.29, 1.82) is 0 Å². The van der Waals surface area contributed by atoms with Crippen LogP contribution >= 0.6 is 11.6 Å². The third-order valence-electron chi connectivity index (χ3n) is 4.73. The fourth-order valence-corrected chi connectivity index (χ4v) is 4.50. The third-order valence-corrected chi connectivity index (χ3v) is 6.33. The van der Waals surface area contributed by atoms with Crippen LogP contribution in [0.25, 0.3) is 12.2 Å². The highest BCUT2D eigenvalue weighted by atomic mass is 35.5. The average Bonchev–Trinajstić information content (AvgIpc) is 2.81. The molecule has 7 nitrogen and oxygen atoms in total. The molecule has 0 spiro atoms. The summed E-state index contributed by atoms with van der Waals surface area (Å²) in [6, 6.07) is 14.8. The van der Waals surface area contributed by atoms with Crippen LogP contribution in [0.1, 0.15) is 11.1 Å². The minimum Gasteiger partial charge on any atom is -0.495 e. The van der Waals surface area contributed by atoms with Crippen LogP contribution in [-0.2, 0) is 10.0 Å². The quantitative estimate of drug-likeness (QED) is 0.408. The molecule has 0 saturated carbocycles. The molecule has 0 amide bonds. The highest BCUT2D eigenvalue weighted by molar-refractivity contribution is 7.92. The molecule has 33 heavy (non-hydrogen) atoms. The lowest BCUT2D eigenvalue weighted by atomic mass is 10.1. The van der Waals surface area contributed by atoms with E-state index in [2.05, 4.69) is 4.72 Å². The molecule has 3 aromatic rings. The summed E-state index contributed by atoms with van der Waals surface area (Å²) in [5, 5.41) is 0.326. The van der Waals surface area contributed by atoms with E-state index in [9.17, 15) is 8.42 Å². The summed E-state index contributed by atoms with van der Waals surface area (Å²) < 4.78 is 49.7. The molecule has 3 rings (SSSR count). The zero-order chi connectivity index (χ0) is 24.0. The molecule has 0 unspecified atom stereocenters. The summed E-state index contributed by atoms with van der Waals surface area (Å²) in [6.45, 7) is 0. The molecule has 0 aliphatic carbocycles. The lowest BCUT2D eigenvalue weighted by molar-refractivity contribution is 0.324. The van der Waals surface area contributed by atoms with Crippen LogP contribution in [0.15, 0.2) is 59.5 Å². The monoisotopic (exact) mass is 489 g/mol. The summed E-state index contributed by atoms with van der Waals surface area (Å²) in [5.41, 5.74) is 1.85. The Morgan fingerprint density at radius 3 is 1.97 bits per heavy atom. The Balaban J connectivity index is 1.94. The van der Waals surface area contributed by atoms with E-state index in [0.29, 0.717) is 33.7 Å². The van der Waals surface area contributed by atoms with Gasteiger partial charge in [0.25, 0.3) is 10.0 Å². The van der Waals surface area contributed by atoms with Gasteiger partial charge in [-0.15, -0.1) is 0 Å². The predicted molar refractivity (Wildman–Crippen MR) is 130 cm³/mol. The standard InChI is InChI=1S/C24H24ClNO6S/c1-29-21-11-10-16(8-9-17-13-22(30-2)24(32-4)23(14-17)31-3)12-20(21)26-33(27,28)19-7-5-6-18(25)15-19/h5-15,26H,1-4H3/b9-8-. The van der Waals surface area contributed by atoms with Crippen molar-refractivity contribution in [3.8, 4) is 23.0 Å². The van der Waals surface area contributed by atoms with Crippen LogP contribution in [0, 0.1) is 0 Å². The van der Waals surface area contributed by atoms with Gasteiger partial charge >= 0.3 is 0 Å². The van der Waals surface area contributed by atoms with Crippen LogP contribution in [0.5, 0.6) is 23.0 Å². The lowest BCUT2D eigenvalue weighted by Crippen LogP contribution is -2.13. The smallest absolute Gasteiger partial charge is 0.262 e. The van der Waals surface area contributed by atoms with Gasteiger partial charge in [0.15, 0.2) is 11.5 Å². The molecular formula is C24H24ClNO6S. The van der Waals surface area contributed by atoms with Crippen molar-refractivity contribution in [2.24, 2.45) is 0 Å². The Bertz CT molecular complexity index is 1250. The maximum Gasteiger partial charge on any atom is 0.262 e. The molecule has 9 heteroatoms. The number of benzene rings is 3. The van der Waals surface area contributed by atoms with Crippen LogP contribution in [-0.4, -0.2) is 36.9 Å². The molecule has 0 saturated heterocycles. The van der Waals surface area contributed by atoms with Crippen LogP contribution in [0.3, 0.4) is 0 Å². The van der Waals surface area contributed by atoms with Gasteiger partial charge in [-0.05, 0) is 53.6 Å². The van der Waals surface area contributed by atoms with Crippen molar-refractivity contribution in [3.05, 3.63) is 70.7 Å². The third kappa shape index (κ3) is 5.71. The highest BCUT2D eigenvalue weighted by Gasteiger charge is 2.17. The number of halogens is 1. The van der Waals surface area contributed by atoms with Gasteiger partial charge < -0.3 is 18.9 Å². The number of methoxy groups -OCH3 is 4. The Labute approximate surface area is 198 Å². The molecule has 0 fully saturated rings. The van der Waals surface area contributed by atoms with Crippen LogP contribution < -0.4 is 23.7 Å². The largest absolute Gasteiger partial charge is 0.495 e. The van der Waals surface area contributed by atoms with Crippen molar-refractivity contribution in [2.45, 2.75) is 4.90 Å². The minimum atomic E-state index is -3.86. The molecule has 0 aliphatic heterocycles. The van der Waals surface area contributed by atoms with Gasteiger partial charge in [-0.25, -0.2) is 8.42 Å². The summed E-state index contributed by atoms with van der Waals surface area (Å²) in [5.74, 6) is 1.94. The highest BCUT2D eigenvalue weighted by Crippen LogP contribution is 2.38. The summed E-state index contributed by atoms with van der Waals surface area (Å²) in [4.78, 5) is 0.0513. The second-order valence-corrected chi connectivity index (χ2v) is 8.93. The van der Waals surface area contributed by atoms with Gasteiger partial charge in [-0.3, -0.25) is 4.72 Å². The molecule has 174 valence electrons. The van der Waals surface area contributed by atoms with Crippen LogP contribution in [0.4, 0.5) is 5.69 Å². The Hall–Kier alpha value is -3.36. The van der Waals surface area contributed by atoms with Gasteiger partial charge in [-0.1, -0.05) is 35.9 Å². The van der Waals surface area contributed by atoms with E-state index < -0.39 is 10.0 Å². The number of ether oxygens (including phenoxy) is 4. The number of anilines is 1. The molecule has 0 aromatic heterocycles. The van der Waals surface area contributed by atoms with Gasteiger partial charge in [0.2, 0.25) is 5.75 Å². The van der Waals surface area contributed by atoms with E-state index in [0.717, 1.165) is 11.1 Å². The SMILES string of the molecule is COc1ccc(/C=C\c2cc(OC)c(OC)c(OC)c2)cc1NS(=O)(=O)c1cccc(Cl)c1. The maximum atomic E-state index is 12.8. The first-order valence-corrected chi connectivity index (χ1v) is 11.6. The maximum absolute atomic E-state index is 12.8. The Morgan fingerprint density at radius 1 is 0.758 bits per heavy atom. The minimum absolute atomic E-state index is 0.0513. The summed E-state index contributed by atoms with van der Waals surface area (Å²) >= 11 is 5.95. The second-order valence-electron chi connectivity index (χ2n) is 6.81. The number of hydrogen-bond donors (Lipinski definition) is 1. The van der Waals surface area contributed by atoms with Crippen molar-refractivity contribution in [1.82, 2.24) is 0 Å².